The van der Waals surface area contributed by atoms with E-state index >= 15 is 0 Å². The van der Waals surface area contributed by atoms with Gasteiger partial charge in [0.2, 0.25) is 10.0 Å². The molecule has 1 aliphatic heterocycles. The van der Waals surface area contributed by atoms with Gasteiger partial charge in [0.05, 0.1) is 4.90 Å². The molecule has 0 bridgehead atoms. The lowest BCUT2D eigenvalue weighted by Crippen LogP contribution is -2.31. The lowest BCUT2D eigenvalue weighted by Gasteiger charge is -2.21. The van der Waals surface area contributed by atoms with Crippen molar-refractivity contribution in [2.45, 2.75) is 24.8 Å². The number of benzene rings is 2. The number of halogens is 1. The number of ketones is 1. The van der Waals surface area contributed by atoms with E-state index in [0.717, 1.165) is 15.6 Å². The molecule has 3 rings (SSSR count). The monoisotopic (exact) mass is 393 g/mol. The van der Waals surface area contributed by atoms with Crippen molar-refractivity contribution in [1.29, 1.82) is 0 Å². The Hall–Kier alpha value is -1.50. The van der Waals surface area contributed by atoms with Gasteiger partial charge in [0, 0.05) is 29.5 Å². The molecule has 1 aliphatic rings. The second-order valence-corrected chi connectivity index (χ2v) is 8.38. The highest BCUT2D eigenvalue weighted by Crippen LogP contribution is 2.29. The van der Waals surface area contributed by atoms with Gasteiger partial charge in [-0.15, -0.1) is 0 Å². The van der Waals surface area contributed by atoms with Crippen LogP contribution in [0.5, 0.6) is 0 Å². The number of Topliss-reactive ketones (excluding diaryl/α,β-unsaturated/α-hetero) is 1. The minimum atomic E-state index is -3.62. The van der Waals surface area contributed by atoms with Crippen LogP contribution in [-0.4, -0.2) is 25.1 Å². The first-order valence-corrected chi connectivity index (χ1v) is 9.50. The molecular weight excluding hydrogens is 378 g/mol. The summed E-state index contributed by atoms with van der Waals surface area (Å²) >= 11 is 3.43. The van der Waals surface area contributed by atoms with Crippen LogP contribution in [0.15, 0.2) is 51.8 Å². The molecule has 0 aliphatic carbocycles. The minimum Gasteiger partial charge on any atom is -0.294 e. The predicted octanol–water partition coefficient (Wildman–Crippen LogP) is 3.53. The average molecular weight is 394 g/mol. The van der Waals surface area contributed by atoms with Crippen molar-refractivity contribution >= 4 is 31.7 Å². The van der Waals surface area contributed by atoms with Gasteiger partial charge in [0.1, 0.15) is 0 Å². The van der Waals surface area contributed by atoms with E-state index in [-0.39, 0.29) is 30.2 Å². The standard InChI is InChI=1S/C17H16BrNO3S/c1-12-5-7-13(8-6-12)23(21,22)19-10-9-17(20)14-3-2-4-16(18)15(14)11-19/h2-8H,9-11H2,1H3. The summed E-state index contributed by atoms with van der Waals surface area (Å²) in [6.45, 7) is 2.29. The van der Waals surface area contributed by atoms with E-state index in [1.54, 1.807) is 36.4 Å². The van der Waals surface area contributed by atoms with Crippen molar-refractivity contribution in [2.75, 3.05) is 6.54 Å². The van der Waals surface area contributed by atoms with Crippen molar-refractivity contribution in [3.8, 4) is 0 Å². The molecule has 0 atom stereocenters. The molecule has 6 heteroatoms. The minimum absolute atomic E-state index is 0.0251. The fourth-order valence-corrected chi connectivity index (χ4v) is 4.56. The molecule has 2 aromatic carbocycles. The number of fused-ring (bicyclic) bond motifs is 1. The third-order valence-corrected chi connectivity index (χ3v) is 6.60. The zero-order valence-electron chi connectivity index (χ0n) is 12.6. The molecule has 0 N–H and O–H groups in total. The highest BCUT2D eigenvalue weighted by atomic mass is 79.9. The number of rotatable bonds is 2. The third-order valence-electron chi connectivity index (χ3n) is 4.00. The Bertz CT molecular complexity index is 860. The van der Waals surface area contributed by atoms with Gasteiger partial charge in [-0.3, -0.25) is 4.79 Å². The Labute approximate surface area is 144 Å². The molecule has 0 unspecified atom stereocenters. The van der Waals surface area contributed by atoms with Crippen molar-refractivity contribution in [2.24, 2.45) is 0 Å². The highest BCUT2D eigenvalue weighted by Gasteiger charge is 2.30. The molecule has 4 nitrogen and oxygen atoms in total. The fourth-order valence-electron chi connectivity index (χ4n) is 2.66. The van der Waals surface area contributed by atoms with Gasteiger partial charge in [-0.25, -0.2) is 8.42 Å². The Morgan fingerprint density at radius 3 is 2.48 bits per heavy atom. The number of nitrogens with zero attached hydrogens (tertiary/aromatic N) is 1. The van der Waals surface area contributed by atoms with Gasteiger partial charge >= 0.3 is 0 Å². The molecule has 0 saturated heterocycles. The third kappa shape index (κ3) is 3.11. The maximum absolute atomic E-state index is 12.9. The van der Waals surface area contributed by atoms with E-state index in [1.807, 2.05) is 13.0 Å². The van der Waals surface area contributed by atoms with Gasteiger partial charge in [-0.1, -0.05) is 45.8 Å². The van der Waals surface area contributed by atoms with E-state index in [1.165, 1.54) is 4.31 Å². The summed E-state index contributed by atoms with van der Waals surface area (Å²) in [7, 11) is -3.62. The quantitative estimate of drug-likeness (QED) is 0.783. The number of hydrogen-bond acceptors (Lipinski definition) is 3. The zero-order valence-corrected chi connectivity index (χ0v) is 15.0. The Kier molecular flexibility index (Phi) is 4.40. The lowest BCUT2D eigenvalue weighted by molar-refractivity contribution is 0.0981. The van der Waals surface area contributed by atoms with E-state index in [9.17, 15) is 13.2 Å². The molecule has 0 fully saturated rings. The number of sulfonamides is 1. The average Bonchev–Trinajstić information content (AvgIpc) is 2.69. The van der Waals surface area contributed by atoms with Crippen LogP contribution < -0.4 is 0 Å². The summed E-state index contributed by atoms with van der Waals surface area (Å²) in [6, 6.07) is 12.2. The molecule has 23 heavy (non-hydrogen) atoms. The molecule has 120 valence electrons. The summed E-state index contributed by atoms with van der Waals surface area (Å²) in [4.78, 5) is 12.5. The normalized spacial score (nSPS) is 16.0. The Morgan fingerprint density at radius 1 is 1.09 bits per heavy atom. The van der Waals surface area contributed by atoms with E-state index in [4.69, 9.17) is 0 Å². The zero-order chi connectivity index (χ0) is 16.6. The molecule has 0 saturated carbocycles. The van der Waals surface area contributed by atoms with Crippen LogP contribution in [0.2, 0.25) is 0 Å². The molecule has 1 heterocycles. The van der Waals surface area contributed by atoms with Crippen LogP contribution in [0.25, 0.3) is 0 Å². The second-order valence-electron chi connectivity index (χ2n) is 5.59. The Balaban J connectivity index is 2.03. The van der Waals surface area contributed by atoms with Gasteiger partial charge in [-0.05, 0) is 30.7 Å². The Morgan fingerprint density at radius 2 is 1.78 bits per heavy atom. The van der Waals surface area contributed by atoms with E-state index < -0.39 is 10.0 Å². The molecule has 2 aromatic rings. The smallest absolute Gasteiger partial charge is 0.243 e. The molecule has 0 aromatic heterocycles. The molecule has 0 radical (unpaired) electrons. The number of hydrogen-bond donors (Lipinski definition) is 0. The maximum Gasteiger partial charge on any atom is 0.243 e. The molecular formula is C17H16BrNO3S. The van der Waals surface area contributed by atoms with Crippen LogP contribution in [0.1, 0.15) is 27.9 Å². The van der Waals surface area contributed by atoms with Gasteiger partial charge in [-0.2, -0.15) is 4.31 Å². The van der Waals surface area contributed by atoms with Crippen molar-refractivity contribution in [3.05, 3.63) is 63.6 Å². The maximum atomic E-state index is 12.9. The van der Waals surface area contributed by atoms with Crippen LogP contribution in [0.4, 0.5) is 0 Å². The topological polar surface area (TPSA) is 54.5 Å². The van der Waals surface area contributed by atoms with Crippen molar-refractivity contribution < 1.29 is 13.2 Å². The van der Waals surface area contributed by atoms with Crippen LogP contribution in [0, 0.1) is 6.92 Å². The predicted molar refractivity (Wildman–Crippen MR) is 91.9 cm³/mol. The number of carbonyl (C=O) groups is 1. The van der Waals surface area contributed by atoms with Crippen LogP contribution in [0.3, 0.4) is 0 Å². The first-order valence-electron chi connectivity index (χ1n) is 7.27. The first kappa shape index (κ1) is 16.4. The summed E-state index contributed by atoms with van der Waals surface area (Å²) in [5.41, 5.74) is 2.33. The van der Waals surface area contributed by atoms with Crippen molar-refractivity contribution in [1.82, 2.24) is 4.31 Å². The summed E-state index contributed by atoms with van der Waals surface area (Å²) in [5.74, 6) is -0.0251. The van der Waals surface area contributed by atoms with Crippen molar-refractivity contribution in [3.63, 3.8) is 0 Å². The van der Waals surface area contributed by atoms with Crippen LogP contribution in [-0.2, 0) is 16.6 Å². The molecule has 0 amide bonds. The number of aryl methyl sites for hydroxylation is 1. The van der Waals surface area contributed by atoms with Gasteiger partial charge in [0.25, 0.3) is 0 Å². The first-order chi connectivity index (χ1) is 10.9. The summed E-state index contributed by atoms with van der Waals surface area (Å²) in [6.07, 6.45) is 0.189. The van der Waals surface area contributed by atoms with Gasteiger partial charge < -0.3 is 0 Å². The highest BCUT2D eigenvalue weighted by molar-refractivity contribution is 9.10. The number of carbonyl (C=O) groups excluding carboxylic acids is 1. The van der Waals surface area contributed by atoms with E-state index in [0.29, 0.717) is 5.56 Å². The summed E-state index contributed by atoms with van der Waals surface area (Å²) < 4.78 is 27.9. The van der Waals surface area contributed by atoms with Gasteiger partial charge in [0.15, 0.2) is 5.78 Å². The SMILES string of the molecule is Cc1ccc(S(=O)(=O)N2CCC(=O)c3cccc(Br)c3C2)cc1. The van der Waals surface area contributed by atoms with E-state index in [2.05, 4.69) is 15.9 Å². The fraction of sp³-hybridized carbons (Fsp3) is 0.235. The summed E-state index contributed by atoms with van der Waals surface area (Å²) in [5, 5.41) is 0. The molecule has 0 spiro atoms. The van der Waals surface area contributed by atoms with Crippen LogP contribution >= 0.6 is 15.9 Å². The lowest BCUT2D eigenvalue weighted by atomic mass is 10.0. The second kappa shape index (κ2) is 6.19. The largest absolute Gasteiger partial charge is 0.294 e.